The molecule has 1 fully saturated rings. The second-order valence-electron chi connectivity index (χ2n) is 6.95. The SMILES string of the molecule is Cc1cnc2c(C(=O)N[C@H](Cc3ccccn3)C3CC(O)C3)cnn2c1. The number of rotatable bonds is 5. The molecule has 1 amide bonds. The van der Waals surface area contributed by atoms with E-state index in [-0.39, 0.29) is 24.0 Å². The van der Waals surface area contributed by atoms with Gasteiger partial charge in [0.05, 0.1) is 12.3 Å². The van der Waals surface area contributed by atoms with Crippen LogP contribution in [0.15, 0.2) is 43.0 Å². The van der Waals surface area contributed by atoms with E-state index in [2.05, 4.69) is 20.4 Å². The molecule has 1 saturated carbocycles. The molecule has 1 atom stereocenters. The zero-order valence-corrected chi connectivity index (χ0v) is 14.5. The Morgan fingerprint density at radius 2 is 2.19 bits per heavy atom. The Morgan fingerprint density at radius 1 is 1.35 bits per heavy atom. The lowest BCUT2D eigenvalue weighted by Gasteiger charge is -2.38. The van der Waals surface area contributed by atoms with Gasteiger partial charge in [-0.05, 0) is 43.4 Å². The van der Waals surface area contributed by atoms with Crippen LogP contribution in [0.1, 0.15) is 34.5 Å². The molecule has 4 rings (SSSR count). The van der Waals surface area contributed by atoms with Crippen molar-refractivity contribution in [1.29, 1.82) is 0 Å². The third kappa shape index (κ3) is 3.30. The normalized spacial score (nSPS) is 20.5. The summed E-state index contributed by atoms with van der Waals surface area (Å²) in [6, 6.07) is 5.68. The maximum Gasteiger partial charge on any atom is 0.257 e. The second-order valence-corrected chi connectivity index (χ2v) is 6.95. The Labute approximate surface area is 151 Å². The molecule has 1 aliphatic carbocycles. The van der Waals surface area contributed by atoms with Crippen molar-refractivity contribution in [3.8, 4) is 0 Å². The van der Waals surface area contributed by atoms with Crippen LogP contribution >= 0.6 is 0 Å². The number of aromatic nitrogens is 4. The van der Waals surface area contributed by atoms with Gasteiger partial charge in [0.1, 0.15) is 5.56 Å². The fourth-order valence-electron chi connectivity index (χ4n) is 3.41. The van der Waals surface area contributed by atoms with Crippen LogP contribution < -0.4 is 5.32 Å². The Morgan fingerprint density at radius 3 is 2.92 bits per heavy atom. The third-order valence-electron chi connectivity index (χ3n) is 4.92. The van der Waals surface area contributed by atoms with E-state index in [1.807, 2.05) is 31.3 Å². The lowest BCUT2D eigenvalue weighted by Crippen LogP contribution is -2.48. The molecule has 134 valence electrons. The Kier molecular flexibility index (Phi) is 4.38. The van der Waals surface area contributed by atoms with Crippen LogP contribution in [0.5, 0.6) is 0 Å². The number of nitrogens with zero attached hydrogens (tertiary/aromatic N) is 4. The zero-order chi connectivity index (χ0) is 18.1. The summed E-state index contributed by atoms with van der Waals surface area (Å²) in [6.45, 7) is 1.93. The molecule has 7 nitrogen and oxygen atoms in total. The summed E-state index contributed by atoms with van der Waals surface area (Å²) in [4.78, 5) is 21.5. The molecule has 1 aliphatic rings. The number of pyridine rings is 1. The Bertz CT molecular complexity index is 918. The number of aryl methyl sites for hydroxylation is 1. The number of hydrogen-bond acceptors (Lipinski definition) is 5. The first-order valence-corrected chi connectivity index (χ1v) is 8.79. The van der Waals surface area contributed by atoms with Gasteiger partial charge in [-0.15, -0.1) is 0 Å². The smallest absolute Gasteiger partial charge is 0.257 e. The highest BCUT2D eigenvalue weighted by Gasteiger charge is 2.35. The average Bonchev–Trinajstić information content (AvgIpc) is 3.02. The van der Waals surface area contributed by atoms with Crippen LogP contribution in [0, 0.1) is 12.8 Å². The minimum absolute atomic E-state index is 0.0822. The number of hydrogen-bond donors (Lipinski definition) is 2. The van der Waals surface area contributed by atoms with Gasteiger partial charge in [-0.1, -0.05) is 6.07 Å². The molecule has 0 unspecified atom stereocenters. The molecule has 3 heterocycles. The van der Waals surface area contributed by atoms with E-state index in [4.69, 9.17) is 0 Å². The van der Waals surface area contributed by atoms with E-state index in [0.29, 0.717) is 30.5 Å². The molecule has 0 saturated heterocycles. The van der Waals surface area contributed by atoms with Gasteiger partial charge >= 0.3 is 0 Å². The molecule has 0 bridgehead atoms. The maximum absolute atomic E-state index is 12.8. The third-order valence-corrected chi connectivity index (χ3v) is 4.92. The fourth-order valence-corrected chi connectivity index (χ4v) is 3.41. The van der Waals surface area contributed by atoms with Crippen molar-refractivity contribution in [1.82, 2.24) is 24.9 Å². The van der Waals surface area contributed by atoms with Crippen LogP contribution in [0.4, 0.5) is 0 Å². The monoisotopic (exact) mass is 351 g/mol. The van der Waals surface area contributed by atoms with Gasteiger partial charge in [0, 0.05) is 36.7 Å². The van der Waals surface area contributed by atoms with Crippen LogP contribution in [0.25, 0.3) is 5.65 Å². The van der Waals surface area contributed by atoms with E-state index in [9.17, 15) is 9.90 Å². The second kappa shape index (κ2) is 6.84. The lowest BCUT2D eigenvalue weighted by atomic mass is 9.76. The summed E-state index contributed by atoms with van der Waals surface area (Å²) in [5.74, 6) is 0.0478. The molecule has 3 aromatic heterocycles. The molecule has 0 radical (unpaired) electrons. The van der Waals surface area contributed by atoms with Gasteiger partial charge in [-0.2, -0.15) is 5.10 Å². The topological polar surface area (TPSA) is 92.4 Å². The summed E-state index contributed by atoms with van der Waals surface area (Å²) in [5.41, 5.74) is 2.89. The number of amides is 1. The zero-order valence-electron chi connectivity index (χ0n) is 14.5. The number of carbonyl (C=O) groups excluding carboxylic acids is 1. The van der Waals surface area contributed by atoms with Crippen molar-refractivity contribution in [2.24, 2.45) is 5.92 Å². The first-order chi connectivity index (χ1) is 12.6. The highest BCUT2D eigenvalue weighted by atomic mass is 16.3. The molecule has 3 aromatic rings. The highest BCUT2D eigenvalue weighted by molar-refractivity contribution is 5.99. The standard InChI is InChI=1S/C19H21N5O2/c1-12-9-21-18-16(10-22-24(18)11-12)19(26)23-17(13-6-15(25)7-13)8-14-4-2-3-5-20-14/h2-5,9-11,13,15,17,25H,6-8H2,1H3,(H,23,26)/t13?,15?,17-/m1/s1. The van der Waals surface area contributed by atoms with Crippen LogP contribution in [-0.4, -0.2) is 42.7 Å². The lowest BCUT2D eigenvalue weighted by molar-refractivity contribution is 0.0238. The maximum atomic E-state index is 12.8. The summed E-state index contributed by atoms with van der Waals surface area (Å²) < 4.78 is 1.62. The van der Waals surface area contributed by atoms with E-state index < -0.39 is 0 Å². The first-order valence-electron chi connectivity index (χ1n) is 8.79. The number of carbonyl (C=O) groups is 1. The van der Waals surface area contributed by atoms with Crippen molar-refractivity contribution < 1.29 is 9.90 Å². The van der Waals surface area contributed by atoms with Gasteiger partial charge in [-0.25, -0.2) is 9.50 Å². The van der Waals surface area contributed by atoms with E-state index >= 15 is 0 Å². The summed E-state index contributed by atoms with van der Waals surface area (Å²) in [6.07, 6.45) is 8.62. The summed E-state index contributed by atoms with van der Waals surface area (Å²) >= 11 is 0. The van der Waals surface area contributed by atoms with Gasteiger partial charge in [-0.3, -0.25) is 9.78 Å². The number of nitrogens with one attached hydrogen (secondary N) is 1. The van der Waals surface area contributed by atoms with Crippen molar-refractivity contribution in [2.45, 2.75) is 38.3 Å². The number of aliphatic hydroxyl groups is 1. The Hall–Kier alpha value is -2.80. The summed E-state index contributed by atoms with van der Waals surface area (Å²) in [5, 5.41) is 17.0. The quantitative estimate of drug-likeness (QED) is 0.727. The largest absolute Gasteiger partial charge is 0.393 e. The first kappa shape index (κ1) is 16.7. The van der Waals surface area contributed by atoms with Crippen LogP contribution in [0.3, 0.4) is 0 Å². The van der Waals surface area contributed by atoms with E-state index in [0.717, 1.165) is 11.3 Å². The van der Waals surface area contributed by atoms with Gasteiger partial charge in [0.15, 0.2) is 5.65 Å². The molecule has 26 heavy (non-hydrogen) atoms. The molecule has 0 aromatic carbocycles. The molecule has 0 spiro atoms. The van der Waals surface area contributed by atoms with Crippen LogP contribution in [-0.2, 0) is 6.42 Å². The molecular formula is C19H21N5O2. The average molecular weight is 351 g/mol. The van der Waals surface area contributed by atoms with Gasteiger partial charge in [0.25, 0.3) is 5.91 Å². The van der Waals surface area contributed by atoms with Crippen molar-refractivity contribution in [2.75, 3.05) is 0 Å². The predicted molar refractivity (Wildman–Crippen MR) is 95.7 cm³/mol. The van der Waals surface area contributed by atoms with Crippen molar-refractivity contribution >= 4 is 11.6 Å². The predicted octanol–water partition coefficient (Wildman–Crippen LogP) is 1.54. The van der Waals surface area contributed by atoms with E-state index in [1.165, 1.54) is 0 Å². The number of aliphatic hydroxyl groups excluding tert-OH is 1. The minimum atomic E-state index is -0.273. The van der Waals surface area contributed by atoms with E-state index in [1.54, 1.807) is 23.1 Å². The number of fused-ring (bicyclic) bond motifs is 1. The molecular weight excluding hydrogens is 330 g/mol. The van der Waals surface area contributed by atoms with Crippen molar-refractivity contribution in [3.63, 3.8) is 0 Å². The minimum Gasteiger partial charge on any atom is -0.393 e. The van der Waals surface area contributed by atoms with Crippen LogP contribution in [0.2, 0.25) is 0 Å². The highest BCUT2D eigenvalue weighted by Crippen LogP contribution is 2.31. The Balaban J connectivity index is 1.55. The molecule has 7 heteroatoms. The molecule has 0 aliphatic heterocycles. The summed E-state index contributed by atoms with van der Waals surface area (Å²) in [7, 11) is 0. The fraction of sp³-hybridized carbons (Fsp3) is 0.368. The molecule has 2 N–H and O–H groups in total. The van der Waals surface area contributed by atoms with Gasteiger partial charge < -0.3 is 10.4 Å². The van der Waals surface area contributed by atoms with Gasteiger partial charge in [0.2, 0.25) is 0 Å². The van der Waals surface area contributed by atoms with Crippen molar-refractivity contribution in [3.05, 3.63) is 59.8 Å².